The van der Waals surface area contributed by atoms with E-state index in [2.05, 4.69) is 34.2 Å². The summed E-state index contributed by atoms with van der Waals surface area (Å²) in [5.41, 5.74) is 1.67. The second-order valence-corrected chi connectivity index (χ2v) is 8.31. The van der Waals surface area contributed by atoms with E-state index in [1.807, 2.05) is 22.8 Å². The van der Waals surface area contributed by atoms with Crippen LogP contribution >= 0.6 is 11.8 Å². The van der Waals surface area contributed by atoms with Crippen molar-refractivity contribution in [3.05, 3.63) is 83.7 Å². The van der Waals surface area contributed by atoms with E-state index in [-0.39, 0.29) is 28.5 Å². The summed E-state index contributed by atoms with van der Waals surface area (Å²) >= 11 is 1.21. The molecule has 0 saturated carbocycles. The van der Waals surface area contributed by atoms with E-state index in [1.54, 1.807) is 6.08 Å². The van der Waals surface area contributed by atoms with E-state index in [9.17, 15) is 14.4 Å². The summed E-state index contributed by atoms with van der Waals surface area (Å²) in [4.78, 5) is 36.7. The van der Waals surface area contributed by atoms with Crippen LogP contribution in [0, 0.1) is 0 Å². The molecule has 0 bridgehead atoms. The molecule has 0 unspecified atom stereocenters. The molecule has 0 fully saturated rings. The number of amides is 1. The van der Waals surface area contributed by atoms with Crippen molar-refractivity contribution in [2.24, 2.45) is 0 Å². The highest BCUT2D eigenvalue weighted by Gasteiger charge is 2.19. The number of hydrogen-bond donors (Lipinski definition) is 1. The number of aryl methyl sites for hydroxylation is 2. The number of hydrogen-bond acceptors (Lipinski definition) is 8. The van der Waals surface area contributed by atoms with Gasteiger partial charge >= 0.3 is 11.9 Å². The van der Waals surface area contributed by atoms with Gasteiger partial charge in [0.1, 0.15) is 5.82 Å². The Morgan fingerprint density at radius 1 is 1.03 bits per heavy atom. The fourth-order valence-electron chi connectivity index (χ4n) is 3.32. The fourth-order valence-corrected chi connectivity index (χ4v) is 4.09. The molecule has 10 heteroatoms. The minimum absolute atomic E-state index is 0.0109. The van der Waals surface area contributed by atoms with Gasteiger partial charge in [0.2, 0.25) is 5.91 Å². The van der Waals surface area contributed by atoms with Crippen LogP contribution < -0.4 is 5.32 Å². The highest BCUT2D eigenvalue weighted by Crippen LogP contribution is 2.22. The number of methoxy groups -OCH3 is 2. The third-order valence-corrected chi connectivity index (χ3v) is 6.00. The highest BCUT2D eigenvalue weighted by atomic mass is 32.2. The second-order valence-electron chi connectivity index (χ2n) is 7.36. The molecule has 1 N–H and O–H groups in total. The smallest absolute Gasteiger partial charge is 0.339 e. The predicted octanol–water partition coefficient (Wildman–Crippen LogP) is 3.55. The van der Waals surface area contributed by atoms with Crippen molar-refractivity contribution in [2.45, 2.75) is 24.5 Å². The quantitative estimate of drug-likeness (QED) is 0.245. The van der Waals surface area contributed by atoms with Crippen LogP contribution in [0.25, 0.3) is 0 Å². The number of ether oxygens (including phenoxy) is 2. The largest absolute Gasteiger partial charge is 0.465 e. The zero-order chi connectivity index (χ0) is 25.2. The fraction of sp³-hybridized carbons (Fsp3) is 0.240. The lowest BCUT2D eigenvalue weighted by molar-refractivity contribution is -0.113. The van der Waals surface area contributed by atoms with Gasteiger partial charge in [0.05, 0.1) is 36.8 Å². The molecule has 0 radical (unpaired) electrons. The van der Waals surface area contributed by atoms with Crippen LogP contribution in [-0.2, 0) is 33.7 Å². The predicted molar refractivity (Wildman–Crippen MR) is 133 cm³/mol. The first kappa shape index (κ1) is 25.7. The molecule has 3 rings (SSSR count). The molecule has 0 aliphatic rings. The van der Waals surface area contributed by atoms with Crippen LogP contribution in [0.2, 0.25) is 0 Å². The van der Waals surface area contributed by atoms with Gasteiger partial charge in [-0.1, -0.05) is 48.2 Å². The number of rotatable bonds is 11. The van der Waals surface area contributed by atoms with Crippen molar-refractivity contribution < 1.29 is 23.9 Å². The normalized spacial score (nSPS) is 10.5. The summed E-state index contributed by atoms with van der Waals surface area (Å²) in [6.07, 6.45) is 3.26. The molecule has 0 aliphatic carbocycles. The molecule has 0 saturated heterocycles. The van der Waals surface area contributed by atoms with Crippen molar-refractivity contribution in [3.63, 3.8) is 0 Å². The minimum Gasteiger partial charge on any atom is -0.465 e. The Morgan fingerprint density at radius 3 is 2.46 bits per heavy atom. The van der Waals surface area contributed by atoms with Crippen LogP contribution in [0.4, 0.5) is 5.69 Å². The Morgan fingerprint density at radius 2 is 1.77 bits per heavy atom. The molecule has 1 heterocycles. The van der Waals surface area contributed by atoms with Gasteiger partial charge < -0.3 is 19.4 Å². The lowest BCUT2D eigenvalue weighted by atomic mass is 10.1. The van der Waals surface area contributed by atoms with Gasteiger partial charge in [-0.05, 0) is 30.2 Å². The monoisotopic (exact) mass is 494 g/mol. The Labute approximate surface area is 207 Å². The summed E-state index contributed by atoms with van der Waals surface area (Å²) in [7, 11) is 2.48. The Hall–Kier alpha value is -3.92. The lowest BCUT2D eigenvalue weighted by Crippen LogP contribution is -2.18. The molecule has 1 amide bonds. The standard InChI is InChI=1S/C25H26N4O5S/c1-4-14-29-21(13-10-17-8-6-5-7-9-17)27-28-25(29)35-16-22(30)26-20-15-18(23(31)33-2)11-12-19(20)24(32)34-3/h4-9,11-12,15H,1,10,13-14,16H2,2-3H3,(H,26,30). The van der Waals surface area contributed by atoms with Crippen molar-refractivity contribution >= 4 is 35.3 Å². The number of thioether (sulfide) groups is 1. The van der Waals surface area contributed by atoms with Crippen molar-refractivity contribution in [1.29, 1.82) is 0 Å². The van der Waals surface area contributed by atoms with Crippen molar-refractivity contribution in [1.82, 2.24) is 14.8 Å². The molecule has 3 aromatic rings. The molecule has 1 aromatic heterocycles. The summed E-state index contributed by atoms with van der Waals surface area (Å²) in [6, 6.07) is 14.3. The molecular weight excluding hydrogens is 468 g/mol. The number of benzene rings is 2. The number of allylic oxidation sites excluding steroid dienone is 1. The number of nitrogens with one attached hydrogen (secondary N) is 1. The van der Waals surface area contributed by atoms with Crippen LogP contribution in [0.3, 0.4) is 0 Å². The van der Waals surface area contributed by atoms with Gasteiger partial charge in [-0.3, -0.25) is 4.79 Å². The number of carbonyl (C=O) groups is 3. The lowest BCUT2D eigenvalue weighted by Gasteiger charge is -2.12. The first-order chi connectivity index (χ1) is 17.0. The number of nitrogens with zero attached hydrogens (tertiary/aromatic N) is 3. The number of anilines is 1. The van der Waals surface area contributed by atoms with Crippen LogP contribution in [0.1, 0.15) is 32.1 Å². The zero-order valence-corrected chi connectivity index (χ0v) is 20.3. The summed E-state index contributed by atoms with van der Waals surface area (Å²) in [5.74, 6) is -0.807. The maximum absolute atomic E-state index is 12.7. The van der Waals surface area contributed by atoms with E-state index in [0.717, 1.165) is 12.2 Å². The highest BCUT2D eigenvalue weighted by molar-refractivity contribution is 7.99. The van der Waals surface area contributed by atoms with Crippen LogP contribution in [-0.4, -0.2) is 52.6 Å². The maximum Gasteiger partial charge on any atom is 0.339 e. The molecule has 9 nitrogen and oxygen atoms in total. The van der Waals surface area contributed by atoms with Gasteiger partial charge in [-0.15, -0.1) is 16.8 Å². The molecule has 0 atom stereocenters. The van der Waals surface area contributed by atoms with Crippen molar-refractivity contribution in [3.8, 4) is 0 Å². The van der Waals surface area contributed by atoms with Gasteiger partial charge in [-0.25, -0.2) is 9.59 Å². The number of esters is 2. The summed E-state index contributed by atoms with van der Waals surface area (Å²) < 4.78 is 11.4. The third kappa shape index (κ3) is 6.80. The molecular formula is C25H26N4O5S. The Bertz CT molecular complexity index is 1210. The summed E-state index contributed by atoms with van der Waals surface area (Å²) in [5, 5.41) is 11.8. The van der Waals surface area contributed by atoms with Gasteiger partial charge in [0.25, 0.3) is 0 Å². The zero-order valence-electron chi connectivity index (χ0n) is 19.5. The van der Waals surface area contributed by atoms with E-state index < -0.39 is 11.9 Å². The first-order valence-corrected chi connectivity index (χ1v) is 11.8. The second kappa shape index (κ2) is 12.5. The van der Waals surface area contributed by atoms with Crippen LogP contribution in [0.15, 0.2) is 66.3 Å². The maximum atomic E-state index is 12.7. The van der Waals surface area contributed by atoms with E-state index in [4.69, 9.17) is 9.47 Å². The molecule has 0 spiro atoms. The topological polar surface area (TPSA) is 112 Å². The summed E-state index contributed by atoms with van der Waals surface area (Å²) in [6.45, 7) is 4.31. The van der Waals surface area contributed by atoms with Gasteiger partial charge in [0, 0.05) is 13.0 Å². The number of carbonyl (C=O) groups excluding carboxylic acids is 3. The average molecular weight is 495 g/mol. The van der Waals surface area contributed by atoms with Gasteiger partial charge in [0.15, 0.2) is 5.16 Å². The average Bonchev–Trinajstić information content (AvgIpc) is 3.27. The Balaban J connectivity index is 1.70. The van der Waals surface area contributed by atoms with Crippen molar-refractivity contribution in [2.75, 3.05) is 25.3 Å². The van der Waals surface area contributed by atoms with E-state index >= 15 is 0 Å². The number of aromatic nitrogens is 3. The van der Waals surface area contributed by atoms with E-state index in [0.29, 0.717) is 18.1 Å². The molecule has 0 aliphatic heterocycles. The first-order valence-electron chi connectivity index (χ1n) is 10.8. The van der Waals surface area contributed by atoms with Crippen LogP contribution in [0.5, 0.6) is 0 Å². The third-order valence-electron chi connectivity index (χ3n) is 5.04. The molecule has 35 heavy (non-hydrogen) atoms. The van der Waals surface area contributed by atoms with E-state index in [1.165, 1.54) is 49.7 Å². The molecule has 2 aromatic carbocycles. The molecule has 182 valence electrons. The SMILES string of the molecule is C=CCn1c(CCc2ccccc2)nnc1SCC(=O)Nc1cc(C(=O)OC)ccc1C(=O)OC. The Kier molecular flexibility index (Phi) is 9.19. The van der Waals surface area contributed by atoms with Gasteiger partial charge in [-0.2, -0.15) is 0 Å². The minimum atomic E-state index is -0.641.